The molecule has 0 aromatic carbocycles. The zero-order valence-corrected chi connectivity index (χ0v) is 8.65. The molecule has 1 aliphatic rings. The molecule has 1 fully saturated rings. The van der Waals surface area contributed by atoms with Crippen molar-refractivity contribution in [3.05, 3.63) is 0 Å². The third-order valence-corrected chi connectivity index (χ3v) is 2.88. The summed E-state index contributed by atoms with van der Waals surface area (Å²) in [5.41, 5.74) is 0. The van der Waals surface area contributed by atoms with Crippen molar-refractivity contribution in [2.75, 3.05) is 0 Å². The van der Waals surface area contributed by atoms with E-state index in [-0.39, 0.29) is 6.04 Å². The Labute approximate surface area is 84.5 Å². The minimum Gasteiger partial charge on any atom is -0.465 e. The Kier molecular flexibility index (Phi) is 4.20. The molecule has 1 saturated carbocycles. The van der Waals surface area contributed by atoms with E-state index in [9.17, 15) is 9.90 Å². The van der Waals surface area contributed by atoms with Gasteiger partial charge in [0, 0.05) is 6.04 Å². The van der Waals surface area contributed by atoms with Gasteiger partial charge in [-0.05, 0) is 19.3 Å². The maximum atomic E-state index is 11.0. The summed E-state index contributed by atoms with van der Waals surface area (Å²) in [5.74, 6) is 0. The minimum absolute atomic E-state index is 0.0243. The predicted octanol–water partition coefficient (Wildman–Crippen LogP) is 2.03. The van der Waals surface area contributed by atoms with E-state index in [2.05, 4.69) is 0 Å². The molecular formula is C10H19NO3. The third-order valence-electron chi connectivity index (χ3n) is 2.88. The molecule has 0 heterocycles. The average Bonchev–Trinajstić information content (AvgIpc) is 2.19. The van der Waals surface area contributed by atoms with Gasteiger partial charge >= 0.3 is 6.09 Å². The first-order chi connectivity index (χ1) is 6.66. The monoisotopic (exact) mass is 201 g/mol. The van der Waals surface area contributed by atoms with Crippen LogP contribution in [0.2, 0.25) is 0 Å². The Balaban J connectivity index is 2.60. The number of carbonyl (C=O) groups is 1. The number of nitrogens with zero attached hydrogens (tertiary/aromatic N) is 1. The molecule has 2 N–H and O–H groups in total. The lowest BCUT2D eigenvalue weighted by Crippen LogP contribution is -2.47. The summed E-state index contributed by atoms with van der Waals surface area (Å²) in [6.45, 7) is 1.80. The van der Waals surface area contributed by atoms with Crippen molar-refractivity contribution in [2.45, 2.75) is 57.7 Å². The lowest BCUT2D eigenvalue weighted by atomic mass is 9.94. The van der Waals surface area contributed by atoms with Crippen LogP contribution in [0.25, 0.3) is 0 Å². The first kappa shape index (κ1) is 11.3. The molecule has 1 aliphatic carbocycles. The molecule has 14 heavy (non-hydrogen) atoms. The van der Waals surface area contributed by atoms with E-state index >= 15 is 0 Å². The van der Waals surface area contributed by atoms with Crippen molar-refractivity contribution in [2.24, 2.45) is 0 Å². The fourth-order valence-electron chi connectivity index (χ4n) is 2.08. The van der Waals surface area contributed by atoms with Crippen molar-refractivity contribution >= 4 is 6.09 Å². The topological polar surface area (TPSA) is 60.8 Å². The molecule has 0 spiro atoms. The molecular weight excluding hydrogens is 182 g/mol. The van der Waals surface area contributed by atoms with Crippen molar-refractivity contribution in [3.8, 4) is 0 Å². The highest BCUT2D eigenvalue weighted by atomic mass is 16.4. The Morgan fingerprint density at radius 1 is 1.43 bits per heavy atom. The quantitative estimate of drug-likeness (QED) is 0.687. The number of aliphatic hydroxyl groups excluding tert-OH is 1. The first-order valence-corrected chi connectivity index (χ1v) is 5.36. The van der Waals surface area contributed by atoms with Crippen LogP contribution >= 0.6 is 0 Å². The smallest absolute Gasteiger partial charge is 0.409 e. The molecule has 1 rings (SSSR count). The van der Waals surface area contributed by atoms with Crippen LogP contribution in [-0.2, 0) is 0 Å². The van der Waals surface area contributed by atoms with E-state index in [0.29, 0.717) is 6.42 Å². The number of rotatable bonds is 3. The van der Waals surface area contributed by atoms with E-state index in [1.54, 1.807) is 6.92 Å². The number of carboxylic acid groups (broad SMARTS) is 1. The molecule has 0 aromatic rings. The van der Waals surface area contributed by atoms with Gasteiger partial charge in [0.25, 0.3) is 0 Å². The van der Waals surface area contributed by atoms with E-state index < -0.39 is 12.3 Å². The summed E-state index contributed by atoms with van der Waals surface area (Å²) >= 11 is 0. The van der Waals surface area contributed by atoms with E-state index in [0.717, 1.165) is 25.7 Å². The van der Waals surface area contributed by atoms with E-state index in [4.69, 9.17) is 5.11 Å². The van der Waals surface area contributed by atoms with Crippen molar-refractivity contribution < 1.29 is 15.0 Å². The van der Waals surface area contributed by atoms with Gasteiger partial charge in [0.05, 0.1) is 0 Å². The van der Waals surface area contributed by atoms with Crippen LogP contribution < -0.4 is 0 Å². The normalized spacial score (nSPS) is 20.4. The van der Waals surface area contributed by atoms with Crippen LogP contribution in [0.3, 0.4) is 0 Å². The minimum atomic E-state index is -0.994. The second kappa shape index (κ2) is 5.20. The highest BCUT2D eigenvalue weighted by molar-refractivity contribution is 5.65. The molecule has 4 heteroatoms. The number of hydrogen-bond acceptors (Lipinski definition) is 2. The van der Waals surface area contributed by atoms with Gasteiger partial charge in [-0.1, -0.05) is 26.2 Å². The fraction of sp³-hybridized carbons (Fsp3) is 0.900. The van der Waals surface area contributed by atoms with Crippen LogP contribution in [0.5, 0.6) is 0 Å². The second-order valence-corrected chi connectivity index (χ2v) is 3.87. The van der Waals surface area contributed by atoms with Gasteiger partial charge in [-0.15, -0.1) is 0 Å². The Hall–Kier alpha value is -0.770. The Bertz CT molecular complexity index is 190. The fourth-order valence-corrected chi connectivity index (χ4v) is 2.08. The van der Waals surface area contributed by atoms with Crippen LogP contribution in [0.4, 0.5) is 4.79 Å². The van der Waals surface area contributed by atoms with Gasteiger partial charge in [0.15, 0.2) is 0 Å². The average molecular weight is 201 g/mol. The van der Waals surface area contributed by atoms with Gasteiger partial charge in [-0.2, -0.15) is 0 Å². The van der Waals surface area contributed by atoms with Crippen molar-refractivity contribution in [1.82, 2.24) is 4.90 Å². The maximum absolute atomic E-state index is 11.0. The summed E-state index contributed by atoms with van der Waals surface area (Å²) in [6, 6.07) is 0.0243. The van der Waals surface area contributed by atoms with Crippen LogP contribution in [0, 0.1) is 0 Å². The molecule has 1 atom stereocenters. The summed E-state index contributed by atoms with van der Waals surface area (Å²) < 4.78 is 0. The largest absolute Gasteiger partial charge is 0.465 e. The number of amides is 1. The van der Waals surface area contributed by atoms with Crippen LogP contribution in [0.15, 0.2) is 0 Å². The molecule has 0 bridgehead atoms. The number of aliphatic hydroxyl groups is 1. The summed E-state index contributed by atoms with van der Waals surface area (Å²) in [7, 11) is 0. The summed E-state index contributed by atoms with van der Waals surface area (Å²) in [4.78, 5) is 12.2. The number of hydrogen-bond donors (Lipinski definition) is 2. The third kappa shape index (κ3) is 2.61. The SMILES string of the molecule is CC[C@@H](O)N(C(=O)O)C1CCCCC1. The van der Waals surface area contributed by atoms with Crippen LogP contribution in [0.1, 0.15) is 45.4 Å². The molecule has 82 valence electrons. The lowest BCUT2D eigenvalue weighted by Gasteiger charge is -2.35. The summed E-state index contributed by atoms with van der Waals surface area (Å²) in [6.07, 6.45) is 3.75. The molecule has 0 unspecified atom stereocenters. The highest BCUT2D eigenvalue weighted by Crippen LogP contribution is 2.24. The first-order valence-electron chi connectivity index (χ1n) is 5.36. The maximum Gasteiger partial charge on any atom is 0.409 e. The molecule has 0 radical (unpaired) electrons. The zero-order valence-electron chi connectivity index (χ0n) is 8.65. The lowest BCUT2D eigenvalue weighted by molar-refractivity contribution is -0.0218. The second-order valence-electron chi connectivity index (χ2n) is 3.87. The Morgan fingerprint density at radius 3 is 2.43 bits per heavy atom. The highest BCUT2D eigenvalue weighted by Gasteiger charge is 2.29. The van der Waals surface area contributed by atoms with Gasteiger partial charge in [-0.3, -0.25) is 4.90 Å². The van der Waals surface area contributed by atoms with E-state index in [1.165, 1.54) is 11.3 Å². The standard InChI is InChI=1S/C10H19NO3/c1-2-9(12)11(10(13)14)8-6-4-3-5-7-8/h8-9,12H,2-7H2,1H3,(H,13,14)/t9-/m1/s1. The van der Waals surface area contributed by atoms with Gasteiger partial charge < -0.3 is 10.2 Å². The zero-order chi connectivity index (χ0) is 10.6. The molecule has 0 saturated heterocycles. The molecule has 0 aromatic heterocycles. The van der Waals surface area contributed by atoms with Crippen molar-refractivity contribution in [1.29, 1.82) is 0 Å². The van der Waals surface area contributed by atoms with E-state index in [1.807, 2.05) is 0 Å². The van der Waals surface area contributed by atoms with Gasteiger partial charge in [0.2, 0.25) is 0 Å². The molecule has 4 nitrogen and oxygen atoms in total. The Morgan fingerprint density at radius 2 is 2.00 bits per heavy atom. The molecule has 0 aliphatic heterocycles. The molecule has 1 amide bonds. The van der Waals surface area contributed by atoms with Crippen LogP contribution in [-0.4, -0.2) is 33.5 Å². The van der Waals surface area contributed by atoms with Gasteiger partial charge in [-0.25, -0.2) is 4.79 Å². The van der Waals surface area contributed by atoms with Gasteiger partial charge in [0.1, 0.15) is 6.23 Å². The summed E-state index contributed by atoms with van der Waals surface area (Å²) in [5, 5.41) is 18.6. The van der Waals surface area contributed by atoms with Crippen molar-refractivity contribution in [3.63, 3.8) is 0 Å². The predicted molar refractivity (Wildman–Crippen MR) is 53.0 cm³/mol.